The Hall–Kier alpha value is -4.08. The van der Waals surface area contributed by atoms with Gasteiger partial charge in [0, 0.05) is 44.0 Å². The van der Waals surface area contributed by atoms with Gasteiger partial charge in [-0.1, -0.05) is 84.9 Å². The minimum atomic E-state index is -0.900. The first-order valence-electron chi connectivity index (χ1n) is 15.6. The van der Waals surface area contributed by atoms with Gasteiger partial charge in [-0.15, -0.1) is 0 Å². The highest BCUT2D eigenvalue weighted by Crippen LogP contribution is 2.38. The number of nitrogens with zero attached hydrogens (tertiary/aromatic N) is 1. The first-order chi connectivity index (χ1) is 21.8. The number of hydrogen-bond acceptors (Lipinski definition) is 6. The number of carbonyl (C=O) groups is 2. The monoisotopic (exact) mass is 610 g/mol. The molecule has 0 spiro atoms. The number of aliphatic hydroxyl groups is 1. The van der Waals surface area contributed by atoms with Crippen LogP contribution in [0.15, 0.2) is 91.0 Å². The van der Waals surface area contributed by atoms with E-state index >= 15 is 0 Å². The fraction of sp³-hybridized carbons (Fsp3) is 0.351. The normalized spacial score (nSPS) is 19.0. The number of aliphatic hydroxyl groups excluding tert-OH is 1. The molecular formula is C37H42N2O6. The fourth-order valence-electron chi connectivity index (χ4n) is 5.72. The van der Waals surface area contributed by atoms with Crippen molar-refractivity contribution in [2.45, 2.75) is 70.3 Å². The summed E-state index contributed by atoms with van der Waals surface area (Å²) < 4.78 is 13.1. The molecule has 1 aliphatic heterocycles. The number of ether oxygens (including phenoxy) is 2. The van der Waals surface area contributed by atoms with E-state index in [1.165, 1.54) is 16.3 Å². The van der Waals surface area contributed by atoms with Crippen LogP contribution >= 0.6 is 0 Å². The van der Waals surface area contributed by atoms with E-state index in [4.69, 9.17) is 14.6 Å². The van der Waals surface area contributed by atoms with Crippen molar-refractivity contribution in [3.63, 3.8) is 0 Å². The Morgan fingerprint density at radius 3 is 2.29 bits per heavy atom. The molecule has 4 unspecified atom stereocenters. The number of carboxylic acid groups (broad SMARTS) is 1. The van der Waals surface area contributed by atoms with Gasteiger partial charge in [0.25, 0.3) is 0 Å². The molecule has 1 amide bonds. The van der Waals surface area contributed by atoms with Crippen LogP contribution < -0.4 is 5.32 Å². The van der Waals surface area contributed by atoms with Gasteiger partial charge in [-0.3, -0.25) is 14.5 Å². The summed E-state index contributed by atoms with van der Waals surface area (Å²) >= 11 is 0. The Balaban J connectivity index is 1.27. The Kier molecular flexibility index (Phi) is 11.0. The molecule has 1 saturated heterocycles. The summed E-state index contributed by atoms with van der Waals surface area (Å²) in [6, 6.07) is 30.9. The maximum atomic E-state index is 12.1. The lowest BCUT2D eigenvalue weighted by molar-refractivity contribution is -0.253. The lowest BCUT2D eigenvalue weighted by Crippen LogP contribution is -2.38. The summed E-state index contributed by atoms with van der Waals surface area (Å²) in [6.45, 7) is 3.28. The molecule has 1 heterocycles. The summed E-state index contributed by atoms with van der Waals surface area (Å²) in [5, 5.41) is 23.6. The predicted octanol–water partition coefficient (Wildman–Crippen LogP) is 6.44. The molecule has 45 heavy (non-hydrogen) atoms. The average Bonchev–Trinajstić information content (AvgIpc) is 3.06. The van der Waals surface area contributed by atoms with Gasteiger partial charge >= 0.3 is 5.97 Å². The van der Waals surface area contributed by atoms with Crippen molar-refractivity contribution in [1.82, 2.24) is 10.2 Å². The van der Waals surface area contributed by atoms with Crippen LogP contribution in [0.5, 0.6) is 0 Å². The van der Waals surface area contributed by atoms with E-state index in [0.717, 1.165) is 22.3 Å². The number of benzene rings is 4. The van der Waals surface area contributed by atoms with Crippen molar-refractivity contribution in [3.05, 3.63) is 119 Å². The summed E-state index contributed by atoms with van der Waals surface area (Å²) in [4.78, 5) is 25.1. The number of carboxylic acids is 1. The van der Waals surface area contributed by atoms with Crippen molar-refractivity contribution in [1.29, 1.82) is 0 Å². The quantitative estimate of drug-likeness (QED) is 0.160. The fourth-order valence-corrected chi connectivity index (χ4v) is 5.72. The maximum Gasteiger partial charge on any atom is 0.303 e. The third-order valence-corrected chi connectivity index (χ3v) is 8.56. The van der Waals surface area contributed by atoms with Crippen molar-refractivity contribution in [2.75, 3.05) is 13.6 Å². The van der Waals surface area contributed by atoms with Gasteiger partial charge in [-0.2, -0.15) is 0 Å². The molecule has 0 aromatic heterocycles. The van der Waals surface area contributed by atoms with E-state index < -0.39 is 12.3 Å². The summed E-state index contributed by atoms with van der Waals surface area (Å²) in [7, 11) is 2.13. The van der Waals surface area contributed by atoms with Crippen LogP contribution in [0, 0.1) is 0 Å². The summed E-state index contributed by atoms with van der Waals surface area (Å²) in [6.07, 6.45) is 0.321. The van der Waals surface area contributed by atoms with E-state index in [2.05, 4.69) is 66.7 Å². The highest BCUT2D eigenvalue weighted by Gasteiger charge is 2.33. The van der Waals surface area contributed by atoms with Crippen molar-refractivity contribution in [2.24, 2.45) is 0 Å². The van der Waals surface area contributed by atoms with E-state index in [-0.39, 0.29) is 43.6 Å². The molecule has 0 radical (unpaired) electrons. The first-order valence-corrected chi connectivity index (χ1v) is 15.6. The zero-order chi connectivity index (χ0) is 31.8. The van der Waals surface area contributed by atoms with Crippen molar-refractivity contribution < 1.29 is 29.3 Å². The SMILES string of the molecule is CC(c1ccc2ccccc2c1)N(C)CC1CC(c2ccc(CO)cc2)OC(c2ccc(CNC(=O)CCCC(=O)O)cc2)O1. The highest BCUT2D eigenvalue weighted by molar-refractivity contribution is 5.83. The largest absolute Gasteiger partial charge is 0.481 e. The number of fused-ring (bicyclic) bond motifs is 1. The second kappa shape index (κ2) is 15.3. The Bertz CT molecular complexity index is 1570. The molecule has 0 aliphatic carbocycles. The molecule has 4 atom stereocenters. The molecule has 1 aliphatic rings. The van der Waals surface area contributed by atoms with Crippen LogP contribution in [-0.2, 0) is 32.2 Å². The molecule has 0 saturated carbocycles. The molecule has 236 valence electrons. The molecule has 3 N–H and O–H groups in total. The van der Waals surface area contributed by atoms with Crippen molar-refractivity contribution >= 4 is 22.6 Å². The zero-order valence-corrected chi connectivity index (χ0v) is 25.9. The number of rotatable bonds is 13. The number of likely N-dealkylation sites (N-methyl/N-ethyl adjacent to an activating group) is 1. The van der Waals surface area contributed by atoms with E-state index in [1.54, 1.807) is 0 Å². The minimum absolute atomic E-state index is 0.00718. The van der Waals surface area contributed by atoms with Gasteiger partial charge in [0.1, 0.15) is 0 Å². The van der Waals surface area contributed by atoms with E-state index in [9.17, 15) is 14.7 Å². The van der Waals surface area contributed by atoms with Crippen LogP contribution in [0.4, 0.5) is 0 Å². The second-order valence-corrected chi connectivity index (χ2v) is 11.8. The molecule has 8 nitrogen and oxygen atoms in total. The first kappa shape index (κ1) is 32.3. The smallest absolute Gasteiger partial charge is 0.303 e. The third kappa shape index (κ3) is 8.77. The Morgan fingerprint density at radius 1 is 0.889 bits per heavy atom. The number of hydrogen-bond donors (Lipinski definition) is 3. The van der Waals surface area contributed by atoms with Gasteiger partial charge in [0.2, 0.25) is 5.91 Å². The van der Waals surface area contributed by atoms with E-state index in [0.29, 0.717) is 25.9 Å². The molecule has 4 aromatic carbocycles. The number of nitrogens with one attached hydrogen (secondary N) is 1. The molecular weight excluding hydrogens is 568 g/mol. The molecule has 0 bridgehead atoms. The Labute approximate surface area is 264 Å². The molecule has 4 aromatic rings. The summed E-state index contributed by atoms with van der Waals surface area (Å²) in [5.74, 6) is -1.07. The zero-order valence-electron chi connectivity index (χ0n) is 25.9. The number of carbonyl (C=O) groups excluding carboxylic acids is 1. The standard InChI is InChI=1S/C37H42N2O6/c1-25(31-19-18-28-6-3-4-7-32(28)20-31)39(2)23-33-21-34(29-14-12-27(24-40)13-15-29)45-37(44-33)30-16-10-26(11-17-30)22-38-35(41)8-5-9-36(42)43/h3-4,6-7,10-20,25,33-34,37,40H,5,8-9,21-24H2,1-2H3,(H,38,41)(H,42,43). The van der Waals surface area contributed by atoms with Gasteiger partial charge in [-0.25, -0.2) is 0 Å². The highest BCUT2D eigenvalue weighted by atomic mass is 16.7. The minimum Gasteiger partial charge on any atom is -0.481 e. The maximum absolute atomic E-state index is 12.1. The van der Waals surface area contributed by atoms with Gasteiger partial charge < -0.3 is 25.0 Å². The van der Waals surface area contributed by atoms with Crippen LogP contribution in [-0.4, -0.2) is 46.7 Å². The van der Waals surface area contributed by atoms with Crippen LogP contribution in [0.2, 0.25) is 0 Å². The predicted molar refractivity (Wildman–Crippen MR) is 173 cm³/mol. The third-order valence-electron chi connectivity index (χ3n) is 8.56. The van der Waals surface area contributed by atoms with Crippen molar-refractivity contribution in [3.8, 4) is 0 Å². The second-order valence-electron chi connectivity index (χ2n) is 11.8. The van der Waals surface area contributed by atoms with Crippen LogP contribution in [0.3, 0.4) is 0 Å². The van der Waals surface area contributed by atoms with Gasteiger partial charge in [-0.05, 0) is 59.5 Å². The lowest BCUT2D eigenvalue weighted by Gasteiger charge is -2.39. The van der Waals surface area contributed by atoms with Crippen LogP contribution in [0.1, 0.15) is 78.9 Å². The lowest BCUT2D eigenvalue weighted by atomic mass is 9.98. The molecule has 5 rings (SSSR count). The Morgan fingerprint density at radius 2 is 1.58 bits per heavy atom. The summed E-state index contributed by atoms with van der Waals surface area (Å²) in [5.41, 5.74) is 4.96. The topological polar surface area (TPSA) is 108 Å². The number of amides is 1. The van der Waals surface area contributed by atoms with E-state index in [1.807, 2.05) is 48.5 Å². The molecule has 8 heteroatoms. The number of aliphatic carboxylic acids is 1. The van der Waals surface area contributed by atoms with Gasteiger partial charge in [0.15, 0.2) is 6.29 Å². The molecule has 1 fully saturated rings. The average molecular weight is 611 g/mol. The van der Waals surface area contributed by atoms with Crippen LogP contribution in [0.25, 0.3) is 10.8 Å². The van der Waals surface area contributed by atoms with Gasteiger partial charge in [0.05, 0.1) is 18.8 Å².